The summed E-state index contributed by atoms with van der Waals surface area (Å²) in [6.07, 6.45) is 0. The highest BCUT2D eigenvalue weighted by atomic mass is 16.5. The van der Waals surface area contributed by atoms with Gasteiger partial charge in [0, 0.05) is 6.92 Å². The summed E-state index contributed by atoms with van der Waals surface area (Å²) in [5, 5.41) is 0. The molecule has 0 saturated heterocycles. The van der Waals surface area contributed by atoms with Crippen LogP contribution in [0.5, 0.6) is 5.75 Å². The molecule has 2 amide bonds. The Kier molecular flexibility index (Phi) is 3.47. The van der Waals surface area contributed by atoms with Crippen LogP contribution in [0.1, 0.15) is 33.2 Å². The Hall–Kier alpha value is -2.95. The van der Waals surface area contributed by atoms with Crippen molar-refractivity contribution in [1.29, 1.82) is 0 Å². The van der Waals surface area contributed by atoms with Gasteiger partial charge in [-0.25, -0.2) is 0 Å². The summed E-state index contributed by atoms with van der Waals surface area (Å²) in [7, 11) is 0. The monoisotopic (exact) mass is 295 g/mol. The van der Waals surface area contributed by atoms with E-state index in [1.165, 1.54) is 11.8 Å². The molecule has 110 valence electrons. The van der Waals surface area contributed by atoms with Crippen LogP contribution in [0.15, 0.2) is 48.5 Å². The van der Waals surface area contributed by atoms with Gasteiger partial charge in [-0.15, -0.1) is 0 Å². The standard InChI is InChI=1S/C17H13NO4/c1-11(19)22-13-8-6-12(7-9-13)10-18-16(20)14-4-2-3-5-15(14)17(18)21/h2-9H,10H2,1H3. The fourth-order valence-electron chi connectivity index (χ4n) is 2.39. The van der Waals surface area contributed by atoms with E-state index in [1.54, 1.807) is 48.5 Å². The number of rotatable bonds is 3. The Bertz CT molecular complexity index is 729. The molecule has 1 heterocycles. The minimum atomic E-state index is -0.395. The number of benzene rings is 2. The molecular formula is C17H13NO4. The zero-order valence-corrected chi connectivity index (χ0v) is 11.9. The number of carbonyl (C=O) groups excluding carboxylic acids is 3. The normalized spacial score (nSPS) is 13.2. The molecule has 2 aromatic carbocycles. The second-order valence-electron chi connectivity index (χ2n) is 4.98. The molecule has 22 heavy (non-hydrogen) atoms. The molecule has 0 radical (unpaired) electrons. The average Bonchev–Trinajstić information content (AvgIpc) is 2.74. The maximum Gasteiger partial charge on any atom is 0.308 e. The van der Waals surface area contributed by atoms with Gasteiger partial charge in [0.1, 0.15) is 5.75 Å². The Morgan fingerprint density at radius 3 is 2.00 bits per heavy atom. The zero-order chi connectivity index (χ0) is 15.7. The molecule has 0 fully saturated rings. The topological polar surface area (TPSA) is 63.7 Å². The molecule has 0 N–H and O–H groups in total. The highest BCUT2D eigenvalue weighted by Gasteiger charge is 2.34. The fraction of sp³-hybridized carbons (Fsp3) is 0.118. The van der Waals surface area contributed by atoms with Crippen molar-refractivity contribution in [1.82, 2.24) is 4.90 Å². The molecule has 0 aliphatic carbocycles. The lowest BCUT2D eigenvalue weighted by Crippen LogP contribution is -2.29. The molecule has 1 aliphatic rings. The van der Waals surface area contributed by atoms with Gasteiger partial charge in [-0.1, -0.05) is 24.3 Å². The number of fused-ring (bicyclic) bond motifs is 1. The van der Waals surface area contributed by atoms with Crippen molar-refractivity contribution in [3.8, 4) is 5.75 Å². The van der Waals surface area contributed by atoms with Crippen LogP contribution < -0.4 is 4.74 Å². The van der Waals surface area contributed by atoms with Gasteiger partial charge in [-0.3, -0.25) is 19.3 Å². The predicted octanol–water partition coefficient (Wildman–Crippen LogP) is 2.41. The van der Waals surface area contributed by atoms with Gasteiger partial charge in [0.05, 0.1) is 17.7 Å². The molecule has 1 aliphatic heterocycles. The summed E-state index contributed by atoms with van der Waals surface area (Å²) >= 11 is 0. The first-order valence-corrected chi connectivity index (χ1v) is 6.79. The smallest absolute Gasteiger partial charge is 0.308 e. The van der Waals surface area contributed by atoms with Crippen LogP contribution in [-0.2, 0) is 11.3 Å². The average molecular weight is 295 g/mol. The number of carbonyl (C=O) groups is 3. The summed E-state index contributed by atoms with van der Waals surface area (Å²) < 4.78 is 4.95. The van der Waals surface area contributed by atoms with E-state index in [0.717, 1.165) is 5.56 Å². The van der Waals surface area contributed by atoms with Crippen LogP contribution in [0.25, 0.3) is 0 Å². The molecule has 0 aromatic heterocycles. The third-order valence-electron chi connectivity index (χ3n) is 3.40. The van der Waals surface area contributed by atoms with E-state index in [-0.39, 0.29) is 18.4 Å². The lowest BCUT2D eigenvalue weighted by Gasteiger charge is -2.14. The Morgan fingerprint density at radius 2 is 1.50 bits per heavy atom. The van der Waals surface area contributed by atoms with Crippen molar-refractivity contribution in [3.63, 3.8) is 0 Å². The van der Waals surface area contributed by atoms with Crippen LogP contribution in [-0.4, -0.2) is 22.7 Å². The van der Waals surface area contributed by atoms with Gasteiger partial charge >= 0.3 is 5.97 Å². The Balaban J connectivity index is 1.78. The van der Waals surface area contributed by atoms with E-state index in [2.05, 4.69) is 0 Å². The van der Waals surface area contributed by atoms with Crippen LogP contribution >= 0.6 is 0 Å². The van der Waals surface area contributed by atoms with Gasteiger partial charge in [-0.05, 0) is 29.8 Å². The molecule has 5 heteroatoms. The van der Waals surface area contributed by atoms with Gasteiger partial charge in [0.2, 0.25) is 0 Å². The summed E-state index contributed by atoms with van der Waals surface area (Å²) in [5.74, 6) is -0.541. The van der Waals surface area contributed by atoms with E-state index in [0.29, 0.717) is 16.9 Å². The number of imide groups is 1. The van der Waals surface area contributed by atoms with Gasteiger partial charge in [-0.2, -0.15) is 0 Å². The second-order valence-corrected chi connectivity index (χ2v) is 4.98. The van der Waals surface area contributed by atoms with Crippen molar-refractivity contribution >= 4 is 17.8 Å². The van der Waals surface area contributed by atoms with E-state index >= 15 is 0 Å². The largest absolute Gasteiger partial charge is 0.427 e. The number of hydrogen-bond donors (Lipinski definition) is 0. The molecule has 3 rings (SSSR count). The van der Waals surface area contributed by atoms with Crippen molar-refractivity contribution in [2.75, 3.05) is 0 Å². The van der Waals surface area contributed by atoms with Gasteiger partial charge in [0.25, 0.3) is 11.8 Å². The molecule has 0 saturated carbocycles. The van der Waals surface area contributed by atoms with Crippen LogP contribution in [0.2, 0.25) is 0 Å². The molecule has 0 atom stereocenters. The molecule has 5 nitrogen and oxygen atoms in total. The number of amides is 2. The number of ether oxygens (including phenoxy) is 1. The molecular weight excluding hydrogens is 282 g/mol. The van der Waals surface area contributed by atoms with E-state index in [4.69, 9.17) is 4.74 Å². The lowest BCUT2D eigenvalue weighted by atomic mass is 10.1. The SMILES string of the molecule is CC(=O)Oc1ccc(CN2C(=O)c3ccccc3C2=O)cc1. The highest BCUT2D eigenvalue weighted by Crippen LogP contribution is 2.24. The maximum absolute atomic E-state index is 12.3. The first kappa shape index (κ1) is 14.0. The second kappa shape index (κ2) is 5.44. The summed E-state index contributed by atoms with van der Waals surface area (Å²) in [6.45, 7) is 1.51. The minimum Gasteiger partial charge on any atom is -0.427 e. The highest BCUT2D eigenvalue weighted by molar-refractivity contribution is 6.21. The minimum absolute atomic E-state index is 0.187. The van der Waals surface area contributed by atoms with Crippen molar-refractivity contribution in [2.45, 2.75) is 13.5 Å². The number of nitrogens with zero attached hydrogens (tertiary/aromatic N) is 1. The molecule has 2 aromatic rings. The van der Waals surface area contributed by atoms with Crippen molar-refractivity contribution in [2.24, 2.45) is 0 Å². The van der Waals surface area contributed by atoms with Crippen LogP contribution in [0.3, 0.4) is 0 Å². The quantitative estimate of drug-likeness (QED) is 0.495. The Labute approximate surface area is 127 Å². The van der Waals surface area contributed by atoms with Crippen LogP contribution in [0.4, 0.5) is 0 Å². The van der Waals surface area contributed by atoms with Gasteiger partial charge < -0.3 is 4.74 Å². The van der Waals surface area contributed by atoms with E-state index in [1.807, 2.05) is 0 Å². The molecule has 0 bridgehead atoms. The zero-order valence-electron chi connectivity index (χ0n) is 11.9. The Morgan fingerprint density at radius 1 is 0.955 bits per heavy atom. The predicted molar refractivity (Wildman–Crippen MR) is 78.4 cm³/mol. The number of esters is 1. The van der Waals surface area contributed by atoms with Crippen LogP contribution in [0, 0.1) is 0 Å². The molecule has 0 spiro atoms. The van der Waals surface area contributed by atoms with E-state index < -0.39 is 5.97 Å². The fourth-order valence-corrected chi connectivity index (χ4v) is 2.39. The summed E-state index contributed by atoms with van der Waals surface area (Å²) in [4.78, 5) is 36.6. The maximum atomic E-state index is 12.3. The van der Waals surface area contributed by atoms with E-state index in [9.17, 15) is 14.4 Å². The third-order valence-corrected chi connectivity index (χ3v) is 3.40. The van der Waals surface area contributed by atoms with Gasteiger partial charge in [0.15, 0.2) is 0 Å². The lowest BCUT2D eigenvalue weighted by molar-refractivity contribution is -0.131. The third kappa shape index (κ3) is 2.48. The number of hydrogen-bond acceptors (Lipinski definition) is 4. The summed E-state index contributed by atoms with van der Waals surface area (Å²) in [6, 6.07) is 13.5. The summed E-state index contributed by atoms with van der Waals surface area (Å²) in [5.41, 5.74) is 1.65. The molecule has 0 unspecified atom stereocenters. The van der Waals surface area contributed by atoms with Crippen molar-refractivity contribution < 1.29 is 19.1 Å². The van der Waals surface area contributed by atoms with Crippen molar-refractivity contribution in [3.05, 3.63) is 65.2 Å². The first-order valence-electron chi connectivity index (χ1n) is 6.79. The first-order chi connectivity index (χ1) is 10.6.